The Bertz CT molecular complexity index is 207. The van der Waals surface area contributed by atoms with E-state index in [0.29, 0.717) is 12.8 Å². The monoisotopic (exact) mass is 210 g/mol. The van der Waals surface area contributed by atoms with E-state index >= 15 is 0 Å². The Balaban J connectivity index is 3.63. The Morgan fingerprint density at radius 3 is 2.07 bits per heavy atom. The van der Waals surface area contributed by atoms with Gasteiger partial charge < -0.3 is 10.2 Å². The van der Waals surface area contributed by atoms with Gasteiger partial charge in [-0.25, -0.2) is 0 Å². The molecule has 0 unspecified atom stereocenters. The lowest BCUT2D eigenvalue weighted by Gasteiger charge is -2.16. The first-order valence-corrected chi connectivity index (χ1v) is 5.47. The van der Waals surface area contributed by atoms with Gasteiger partial charge in [0, 0.05) is 0 Å². The lowest BCUT2D eigenvalue weighted by molar-refractivity contribution is 0.0111. The van der Waals surface area contributed by atoms with Crippen LogP contribution in [-0.4, -0.2) is 22.4 Å². The van der Waals surface area contributed by atoms with Crippen molar-refractivity contribution in [3.8, 4) is 0 Å². The molecule has 0 fully saturated rings. The topological polar surface area (TPSA) is 40.5 Å². The second-order valence-electron chi connectivity index (χ2n) is 3.52. The molecule has 0 aromatic carbocycles. The van der Waals surface area contributed by atoms with E-state index in [2.05, 4.69) is 6.58 Å². The zero-order chi connectivity index (χ0) is 11.5. The van der Waals surface area contributed by atoms with Gasteiger partial charge in [-0.2, -0.15) is 0 Å². The highest BCUT2D eigenvalue weighted by Gasteiger charge is 2.13. The molecule has 2 atom stereocenters. The number of allylic oxidation sites excluding steroid dienone is 5. The molecule has 0 aromatic rings. The summed E-state index contributed by atoms with van der Waals surface area (Å²) >= 11 is 0. The van der Waals surface area contributed by atoms with Crippen molar-refractivity contribution in [3.05, 3.63) is 37.0 Å². The summed E-state index contributed by atoms with van der Waals surface area (Å²) in [5, 5.41) is 19.2. The SMILES string of the molecule is C=C/C=C/CC[C@H](O)[C@H](O)CC/C=C/C. The zero-order valence-electron chi connectivity index (χ0n) is 9.47. The first kappa shape index (κ1) is 14.1. The third kappa shape index (κ3) is 8.16. The summed E-state index contributed by atoms with van der Waals surface area (Å²) in [6.07, 6.45) is 11.0. The normalized spacial score (nSPS) is 15.9. The Hall–Kier alpha value is -0.860. The highest BCUT2D eigenvalue weighted by Crippen LogP contribution is 2.09. The van der Waals surface area contributed by atoms with Crippen LogP contribution in [0.5, 0.6) is 0 Å². The minimum absolute atomic E-state index is 0.599. The molecule has 86 valence electrons. The number of hydrogen-bond donors (Lipinski definition) is 2. The molecule has 0 aliphatic heterocycles. The van der Waals surface area contributed by atoms with Gasteiger partial charge in [-0.1, -0.05) is 37.0 Å². The molecule has 0 amide bonds. The van der Waals surface area contributed by atoms with Crippen molar-refractivity contribution in [1.29, 1.82) is 0 Å². The molecule has 0 heterocycles. The van der Waals surface area contributed by atoms with Crippen molar-refractivity contribution in [2.24, 2.45) is 0 Å². The predicted molar refractivity (Wildman–Crippen MR) is 64.6 cm³/mol. The van der Waals surface area contributed by atoms with E-state index in [1.54, 1.807) is 6.08 Å². The second-order valence-corrected chi connectivity index (χ2v) is 3.52. The van der Waals surface area contributed by atoms with E-state index in [1.807, 2.05) is 31.2 Å². The summed E-state index contributed by atoms with van der Waals surface area (Å²) in [7, 11) is 0. The van der Waals surface area contributed by atoms with Crippen molar-refractivity contribution in [3.63, 3.8) is 0 Å². The van der Waals surface area contributed by atoms with Crippen LogP contribution in [0.15, 0.2) is 37.0 Å². The fourth-order valence-corrected chi connectivity index (χ4v) is 1.28. The smallest absolute Gasteiger partial charge is 0.0802 e. The van der Waals surface area contributed by atoms with Crippen LogP contribution in [0.1, 0.15) is 32.6 Å². The molecule has 0 bridgehead atoms. The summed E-state index contributed by atoms with van der Waals surface area (Å²) in [5.74, 6) is 0. The van der Waals surface area contributed by atoms with Gasteiger partial charge in [-0.3, -0.25) is 0 Å². The molecule has 0 aliphatic carbocycles. The molecule has 0 aromatic heterocycles. The van der Waals surface area contributed by atoms with Gasteiger partial charge in [0.25, 0.3) is 0 Å². The molecule has 2 N–H and O–H groups in total. The van der Waals surface area contributed by atoms with Crippen LogP contribution in [0.25, 0.3) is 0 Å². The van der Waals surface area contributed by atoms with Gasteiger partial charge in [0.1, 0.15) is 0 Å². The number of aliphatic hydroxyl groups is 2. The van der Waals surface area contributed by atoms with Crippen molar-refractivity contribution in [1.82, 2.24) is 0 Å². The third-order valence-corrected chi connectivity index (χ3v) is 2.21. The first-order chi connectivity index (χ1) is 7.22. The van der Waals surface area contributed by atoms with Crippen molar-refractivity contribution >= 4 is 0 Å². The standard InChI is InChI=1S/C13H22O2/c1-3-5-7-9-11-13(15)12(14)10-8-6-4-2/h3-7,12-15H,1,8-11H2,2H3/b6-4+,7-5+/t12-,13+/m1/s1. The molecule has 0 saturated carbocycles. The van der Waals surface area contributed by atoms with Crippen LogP contribution >= 0.6 is 0 Å². The van der Waals surface area contributed by atoms with E-state index in [9.17, 15) is 10.2 Å². The molecule has 0 saturated heterocycles. The molecule has 0 spiro atoms. The van der Waals surface area contributed by atoms with E-state index < -0.39 is 12.2 Å². The summed E-state index contributed by atoms with van der Waals surface area (Å²) in [6.45, 7) is 5.50. The van der Waals surface area contributed by atoms with Crippen molar-refractivity contribution in [2.45, 2.75) is 44.8 Å². The molecule has 2 heteroatoms. The van der Waals surface area contributed by atoms with Crippen LogP contribution in [0.2, 0.25) is 0 Å². The largest absolute Gasteiger partial charge is 0.390 e. The average molecular weight is 210 g/mol. The molecule has 15 heavy (non-hydrogen) atoms. The van der Waals surface area contributed by atoms with E-state index in [4.69, 9.17) is 0 Å². The van der Waals surface area contributed by atoms with Crippen LogP contribution in [-0.2, 0) is 0 Å². The van der Waals surface area contributed by atoms with Gasteiger partial charge in [-0.15, -0.1) is 0 Å². The summed E-state index contributed by atoms with van der Waals surface area (Å²) < 4.78 is 0. The molecule has 2 nitrogen and oxygen atoms in total. The second kappa shape index (κ2) is 9.69. The molecule has 0 rings (SSSR count). The summed E-state index contributed by atoms with van der Waals surface area (Å²) in [6, 6.07) is 0. The Labute approximate surface area is 92.6 Å². The first-order valence-electron chi connectivity index (χ1n) is 5.47. The minimum atomic E-state index is -0.621. The molecular formula is C13H22O2. The van der Waals surface area contributed by atoms with Crippen LogP contribution < -0.4 is 0 Å². The highest BCUT2D eigenvalue weighted by molar-refractivity contribution is 4.97. The lowest BCUT2D eigenvalue weighted by atomic mass is 10.0. The maximum Gasteiger partial charge on any atom is 0.0802 e. The van der Waals surface area contributed by atoms with Crippen molar-refractivity contribution in [2.75, 3.05) is 0 Å². The molecular weight excluding hydrogens is 188 g/mol. The van der Waals surface area contributed by atoms with Crippen LogP contribution in [0.3, 0.4) is 0 Å². The van der Waals surface area contributed by atoms with Gasteiger partial charge in [0.05, 0.1) is 12.2 Å². The number of aliphatic hydroxyl groups excluding tert-OH is 2. The predicted octanol–water partition coefficient (Wildman–Crippen LogP) is 2.59. The summed E-state index contributed by atoms with van der Waals surface area (Å²) in [5.41, 5.74) is 0. The maximum atomic E-state index is 9.58. The number of hydrogen-bond acceptors (Lipinski definition) is 2. The molecule has 0 radical (unpaired) electrons. The van der Waals surface area contributed by atoms with Gasteiger partial charge in [-0.05, 0) is 32.6 Å². The maximum absolute atomic E-state index is 9.58. The summed E-state index contributed by atoms with van der Waals surface area (Å²) in [4.78, 5) is 0. The fourth-order valence-electron chi connectivity index (χ4n) is 1.28. The Morgan fingerprint density at radius 1 is 1.07 bits per heavy atom. The van der Waals surface area contributed by atoms with Crippen molar-refractivity contribution < 1.29 is 10.2 Å². The van der Waals surface area contributed by atoms with Crippen LogP contribution in [0, 0.1) is 0 Å². The Kier molecular flexibility index (Phi) is 9.13. The fraction of sp³-hybridized carbons (Fsp3) is 0.538. The minimum Gasteiger partial charge on any atom is -0.390 e. The van der Waals surface area contributed by atoms with Gasteiger partial charge in [0.2, 0.25) is 0 Å². The van der Waals surface area contributed by atoms with Gasteiger partial charge >= 0.3 is 0 Å². The lowest BCUT2D eigenvalue weighted by Crippen LogP contribution is -2.25. The van der Waals surface area contributed by atoms with E-state index in [0.717, 1.165) is 12.8 Å². The molecule has 0 aliphatic rings. The highest BCUT2D eigenvalue weighted by atomic mass is 16.3. The average Bonchev–Trinajstić information content (AvgIpc) is 2.24. The van der Waals surface area contributed by atoms with E-state index in [1.165, 1.54) is 0 Å². The number of rotatable bonds is 8. The van der Waals surface area contributed by atoms with Crippen LogP contribution in [0.4, 0.5) is 0 Å². The van der Waals surface area contributed by atoms with Gasteiger partial charge in [0.15, 0.2) is 0 Å². The van der Waals surface area contributed by atoms with E-state index in [-0.39, 0.29) is 0 Å². The third-order valence-electron chi connectivity index (χ3n) is 2.21. The Morgan fingerprint density at radius 2 is 1.60 bits per heavy atom. The zero-order valence-corrected chi connectivity index (χ0v) is 9.47. The quantitative estimate of drug-likeness (QED) is 0.477.